The monoisotopic (exact) mass is 374 g/mol. The van der Waals surface area contributed by atoms with Gasteiger partial charge in [0.2, 0.25) is 5.83 Å². The molecule has 0 atom stereocenters. The summed E-state index contributed by atoms with van der Waals surface area (Å²) in [5.41, 5.74) is 0. The van der Waals surface area contributed by atoms with Crippen LogP contribution >= 0.6 is 0 Å². The molecule has 0 aliphatic carbocycles. The van der Waals surface area contributed by atoms with Crippen LogP contribution in [0.3, 0.4) is 0 Å². The Morgan fingerprint density at radius 1 is 0.708 bits per heavy atom. The van der Waals surface area contributed by atoms with Gasteiger partial charge in [0.15, 0.2) is 0 Å². The van der Waals surface area contributed by atoms with Gasteiger partial charge in [-0.05, 0) is 12.1 Å². The minimum atomic E-state index is -7.34. The zero-order valence-corrected chi connectivity index (χ0v) is 11.0. The van der Waals surface area contributed by atoms with E-state index in [2.05, 4.69) is 4.74 Å². The normalized spacial score (nSPS) is 15.1. The molecule has 0 unspecified atom stereocenters. The zero-order valence-electron chi connectivity index (χ0n) is 11.0. The number of halogens is 11. The van der Waals surface area contributed by atoms with Crippen molar-refractivity contribution in [2.75, 3.05) is 0 Å². The van der Waals surface area contributed by atoms with E-state index in [1.54, 1.807) is 0 Å². The summed E-state index contributed by atoms with van der Waals surface area (Å²) in [5.74, 6) is -26.1. The molecule has 0 radical (unpaired) electrons. The standard InChI is InChI=1S/C12H5F11O/c13-7(8(14)24-6-4-2-1-3-5-6)9(15,16)10(17,18)11(19,20)12(21,22)23/h1-5H/b8-7-. The molecule has 0 spiro atoms. The molecule has 0 fully saturated rings. The lowest BCUT2D eigenvalue weighted by Crippen LogP contribution is -2.61. The molecule has 0 aliphatic rings. The van der Waals surface area contributed by atoms with Crippen LogP contribution in [0, 0.1) is 0 Å². The van der Waals surface area contributed by atoms with E-state index < -0.39 is 41.5 Å². The van der Waals surface area contributed by atoms with E-state index in [4.69, 9.17) is 0 Å². The van der Waals surface area contributed by atoms with Crippen LogP contribution in [0.15, 0.2) is 42.2 Å². The van der Waals surface area contributed by atoms with Gasteiger partial charge < -0.3 is 4.74 Å². The number of allylic oxidation sites excluding steroid dienone is 1. The Kier molecular flexibility index (Phi) is 5.12. The maximum absolute atomic E-state index is 13.1. The molecule has 0 amide bonds. The third kappa shape index (κ3) is 3.26. The van der Waals surface area contributed by atoms with Gasteiger partial charge in [-0.25, -0.2) is 0 Å². The second kappa shape index (κ2) is 6.13. The fraction of sp³-hybridized carbons (Fsp3) is 0.333. The molecule has 0 heterocycles. The molecule has 0 saturated heterocycles. The highest BCUT2D eigenvalue weighted by Gasteiger charge is 2.83. The number of alkyl halides is 9. The third-order valence-electron chi connectivity index (χ3n) is 2.54. The van der Waals surface area contributed by atoms with Gasteiger partial charge in [0.1, 0.15) is 5.75 Å². The van der Waals surface area contributed by atoms with Gasteiger partial charge in [-0.1, -0.05) is 18.2 Å². The maximum Gasteiger partial charge on any atom is 0.460 e. The van der Waals surface area contributed by atoms with Crippen molar-refractivity contribution in [1.82, 2.24) is 0 Å². The molecule has 12 heteroatoms. The average molecular weight is 374 g/mol. The quantitative estimate of drug-likeness (QED) is 0.479. The van der Waals surface area contributed by atoms with Crippen molar-refractivity contribution >= 4 is 0 Å². The Hall–Kier alpha value is -2.01. The molecule has 1 aromatic rings. The average Bonchev–Trinajstić information content (AvgIpc) is 2.45. The van der Waals surface area contributed by atoms with Crippen LogP contribution in [-0.4, -0.2) is 23.9 Å². The molecular weight excluding hydrogens is 369 g/mol. The molecule has 0 bridgehead atoms. The van der Waals surface area contributed by atoms with Crippen molar-refractivity contribution in [2.45, 2.75) is 23.9 Å². The number of ether oxygens (including phenoxy) is 1. The SMILES string of the molecule is F/C(Oc1ccccc1)=C(/F)C(F)(F)C(F)(F)C(F)(F)C(F)(F)F. The van der Waals surface area contributed by atoms with Crippen molar-refractivity contribution in [1.29, 1.82) is 0 Å². The van der Waals surface area contributed by atoms with Gasteiger partial charge in [-0.2, -0.15) is 48.3 Å². The predicted molar refractivity (Wildman–Crippen MR) is 57.2 cm³/mol. The topological polar surface area (TPSA) is 9.23 Å². The third-order valence-corrected chi connectivity index (χ3v) is 2.54. The first kappa shape index (κ1) is 20.0. The van der Waals surface area contributed by atoms with E-state index in [1.807, 2.05) is 0 Å². The molecule has 0 N–H and O–H groups in total. The van der Waals surface area contributed by atoms with Gasteiger partial charge in [0, 0.05) is 0 Å². The summed E-state index contributed by atoms with van der Waals surface area (Å²) in [6.07, 6.45) is -7.14. The smallest absolute Gasteiger partial charge is 0.430 e. The van der Waals surface area contributed by atoms with E-state index in [0.717, 1.165) is 24.3 Å². The van der Waals surface area contributed by atoms with E-state index in [-0.39, 0.29) is 0 Å². The number of para-hydroxylation sites is 1. The Morgan fingerprint density at radius 2 is 1.17 bits per heavy atom. The van der Waals surface area contributed by atoms with Crippen molar-refractivity contribution < 1.29 is 53.0 Å². The Labute approximate surface area is 126 Å². The van der Waals surface area contributed by atoms with Crippen LogP contribution in [0.5, 0.6) is 5.75 Å². The Morgan fingerprint density at radius 3 is 1.58 bits per heavy atom. The van der Waals surface area contributed by atoms with Crippen LogP contribution in [0.4, 0.5) is 48.3 Å². The van der Waals surface area contributed by atoms with Gasteiger partial charge in [-0.15, -0.1) is 0 Å². The number of hydrogen-bond acceptors (Lipinski definition) is 1. The minimum absolute atomic E-state index is 0.702. The highest BCUT2D eigenvalue weighted by molar-refractivity contribution is 5.24. The number of hydrogen-bond donors (Lipinski definition) is 0. The summed E-state index contributed by atoms with van der Waals surface area (Å²) in [5, 5.41) is 0. The molecule has 0 aliphatic heterocycles. The molecular formula is C12H5F11O. The van der Waals surface area contributed by atoms with Crippen molar-refractivity contribution in [3.05, 3.63) is 42.2 Å². The van der Waals surface area contributed by atoms with Crippen molar-refractivity contribution in [3.63, 3.8) is 0 Å². The second-order valence-electron chi connectivity index (χ2n) is 4.22. The molecule has 136 valence electrons. The first-order chi connectivity index (χ1) is 10.7. The number of rotatable bonds is 5. The Bertz CT molecular complexity index is 603. The fourth-order valence-corrected chi connectivity index (χ4v) is 1.27. The van der Waals surface area contributed by atoms with Crippen LogP contribution in [0.2, 0.25) is 0 Å². The molecule has 0 saturated carbocycles. The van der Waals surface area contributed by atoms with E-state index in [9.17, 15) is 48.3 Å². The van der Waals surface area contributed by atoms with E-state index in [1.165, 1.54) is 6.07 Å². The molecule has 1 rings (SSSR count). The first-order valence-corrected chi connectivity index (χ1v) is 5.65. The summed E-state index contributed by atoms with van der Waals surface area (Å²) in [6.45, 7) is 0. The highest BCUT2D eigenvalue weighted by atomic mass is 19.4. The van der Waals surface area contributed by atoms with Gasteiger partial charge in [-0.3, -0.25) is 0 Å². The van der Waals surface area contributed by atoms with Gasteiger partial charge >= 0.3 is 30.0 Å². The van der Waals surface area contributed by atoms with Crippen LogP contribution < -0.4 is 4.74 Å². The maximum atomic E-state index is 13.1. The number of benzene rings is 1. The van der Waals surface area contributed by atoms with Crippen LogP contribution in [0.25, 0.3) is 0 Å². The summed E-state index contributed by atoms with van der Waals surface area (Å²) in [6, 6.07) is 2.12. The molecule has 24 heavy (non-hydrogen) atoms. The highest BCUT2D eigenvalue weighted by Crippen LogP contribution is 2.55. The lowest BCUT2D eigenvalue weighted by molar-refractivity contribution is -0.392. The summed E-state index contributed by atoms with van der Waals surface area (Å²) < 4.78 is 143. The zero-order chi connectivity index (χ0) is 19.0. The van der Waals surface area contributed by atoms with Crippen LogP contribution in [-0.2, 0) is 0 Å². The van der Waals surface area contributed by atoms with Gasteiger partial charge in [0.25, 0.3) is 0 Å². The van der Waals surface area contributed by atoms with Crippen LogP contribution in [0.1, 0.15) is 0 Å². The van der Waals surface area contributed by atoms with Crippen molar-refractivity contribution in [3.8, 4) is 5.75 Å². The Balaban J connectivity index is 3.28. The largest absolute Gasteiger partial charge is 0.460 e. The lowest BCUT2D eigenvalue weighted by Gasteiger charge is -2.32. The van der Waals surface area contributed by atoms with Crippen molar-refractivity contribution in [2.24, 2.45) is 0 Å². The first-order valence-electron chi connectivity index (χ1n) is 5.65. The second-order valence-corrected chi connectivity index (χ2v) is 4.22. The predicted octanol–water partition coefficient (Wildman–Crippen LogP) is 5.64. The molecule has 0 aromatic heterocycles. The van der Waals surface area contributed by atoms with E-state index in [0.29, 0.717) is 0 Å². The summed E-state index contributed by atoms with van der Waals surface area (Å²) in [7, 11) is 0. The van der Waals surface area contributed by atoms with Gasteiger partial charge in [0.05, 0.1) is 0 Å². The minimum Gasteiger partial charge on any atom is -0.430 e. The lowest BCUT2D eigenvalue weighted by atomic mass is 10.0. The molecule has 1 aromatic carbocycles. The van der Waals surface area contributed by atoms with E-state index >= 15 is 0 Å². The fourth-order valence-electron chi connectivity index (χ4n) is 1.27. The molecule has 1 nitrogen and oxygen atoms in total. The summed E-state index contributed by atoms with van der Waals surface area (Å²) in [4.78, 5) is 0. The summed E-state index contributed by atoms with van der Waals surface area (Å²) >= 11 is 0.